The fourth-order valence-electron chi connectivity index (χ4n) is 3.27. The van der Waals surface area contributed by atoms with Gasteiger partial charge < -0.3 is 9.47 Å². The standard InChI is InChI=1S/C19H20O3/c1-3-21-13-19(18(20)22-4-2)16-11-7-5-9-14(16)15-10-6-8-12-17(15)19/h5-12H,3-4,13H2,1-2H3. The highest BCUT2D eigenvalue weighted by Gasteiger charge is 2.50. The summed E-state index contributed by atoms with van der Waals surface area (Å²) in [7, 11) is 0. The van der Waals surface area contributed by atoms with Crippen LogP contribution in [0.3, 0.4) is 0 Å². The molecule has 0 fully saturated rings. The van der Waals surface area contributed by atoms with Crippen LogP contribution in [0, 0.1) is 0 Å². The molecule has 0 saturated heterocycles. The first-order valence-electron chi connectivity index (χ1n) is 7.70. The predicted octanol–water partition coefficient (Wildman–Crippen LogP) is 3.55. The third kappa shape index (κ3) is 2.04. The van der Waals surface area contributed by atoms with Crippen LogP contribution >= 0.6 is 0 Å². The maximum atomic E-state index is 12.9. The minimum atomic E-state index is -0.862. The number of ether oxygens (including phenoxy) is 2. The molecule has 0 heterocycles. The minimum absolute atomic E-state index is 0.235. The van der Waals surface area contributed by atoms with E-state index in [0.717, 1.165) is 22.3 Å². The molecule has 0 atom stereocenters. The smallest absolute Gasteiger partial charge is 0.323 e. The maximum absolute atomic E-state index is 12.9. The van der Waals surface area contributed by atoms with Crippen LogP contribution in [0.15, 0.2) is 48.5 Å². The van der Waals surface area contributed by atoms with Crippen molar-refractivity contribution in [2.75, 3.05) is 19.8 Å². The van der Waals surface area contributed by atoms with Crippen LogP contribution in [-0.4, -0.2) is 25.8 Å². The molecule has 3 heteroatoms. The number of benzene rings is 2. The van der Waals surface area contributed by atoms with Gasteiger partial charge in [0.05, 0.1) is 13.2 Å². The molecule has 0 N–H and O–H groups in total. The molecular formula is C19H20O3. The highest BCUT2D eigenvalue weighted by Crippen LogP contribution is 2.49. The summed E-state index contributed by atoms with van der Waals surface area (Å²) in [6.07, 6.45) is 0. The first-order valence-corrected chi connectivity index (χ1v) is 7.70. The van der Waals surface area contributed by atoms with Crippen molar-refractivity contribution in [3.05, 3.63) is 59.7 Å². The lowest BCUT2D eigenvalue weighted by atomic mass is 9.79. The number of fused-ring (bicyclic) bond motifs is 3. The molecular weight excluding hydrogens is 276 g/mol. The third-order valence-corrected chi connectivity index (χ3v) is 4.21. The minimum Gasteiger partial charge on any atom is -0.465 e. The van der Waals surface area contributed by atoms with Crippen molar-refractivity contribution in [3.8, 4) is 11.1 Å². The molecule has 0 bridgehead atoms. The van der Waals surface area contributed by atoms with Gasteiger partial charge in [-0.2, -0.15) is 0 Å². The zero-order valence-corrected chi connectivity index (χ0v) is 13.0. The highest BCUT2D eigenvalue weighted by atomic mass is 16.5. The van der Waals surface area contributed by atoms with Gasteiger partial charge in [0, 0.05) is 6.61 Å². The number of carbonyl (C=O) groups excluding carboxylic acids is 1. The van der Waals surface area contributed by atoms with Gasteiger partial charge in [-0.1, -0.05) is 48.5 Å². The van der Waals surface area contributed by atoms with Crippen LogP contribution in [-0.2, 0) is 19.7 Å². The Hall–Kier alpha value is -2.13. The summed E-state index contributed by atoms with van der Waals surface area (Å²) in [6, 6.07) is 16.0. The number of carbonyl (C=O) groups is 1. The molecule has 1 aliphatic rings. The van der Waals surface area contributed by atoms with Gasteiger partial charge in [0.2, 0.25) is 0 Å². The summed E-state index contributed by atoms with van der Waals surface area (Å²) in [6.45, 7) is 4.99. The fourth-order valence-corrected chi connectivity index (χ4v) is 3.27. The normalized spacial score (nSPS) is 14.3. The van der Waals surface area contributed by atoms with E-state index >= 15 is 0 Å². The van der Waals surface area contributed by atoms with Crippen molar-refractivity contribution in [2.24, 2.45) is 0 Å². The second-order valence-electron chi connectivity index (χ2n) is 5.35. The van der Waals surface area contributed by atoms with Crippen LogP contribution in [0.4, 0.5) is 0 Å². The lowest BCUT2D eigenvalue weighted by Crippen LogP contribution is -2.41. The number of hydrogen-bond acceptors (Lipinski definition) is 3. The molecule has 0 amide bonds. The van der Waals surface area contributed by atoms with Gasteiger partial charge in [0.15, 0.2) is 0 Å². The van der Waals surface area contributed by atoms with Crippen molar-refractivity contribution in [3.63, 3.8) is 0 Å². The van der Waals surface area contributed by atoms with Gasteiger partial charge in [-0.15, -0.1) is 0 Å². The van der Waals surface area contributed by atoms with Crippen LogP contribution in [0.1, 0.15) is 25.0 Å². The third-order valence-electron chi connectivity index (χ3n) is 4.21. The largest absolute Gasteiger partial charge is 0.465 e. The highest BCUT2D eigenvalue weighted by molar-refractivity contribution is 5.98. The monoisotopic (exact) mass is 296 g/mol. The molecule has 0 saturated carbocycles. The van der Waals surface area contributed by atoms with E-state index in [4.69, 9.17) is 9.47 Å². The lowest BCUT2D eigenvalue weighted by Gasteiger charge is -2.29. The molecule has 0 unspecified atom stereocenters. The quantitative estimate of drug-likeness (QED) is 0.792. The van der Waals surface area contributed by atoms with E-state index in [1.807, 2.05) is 50.2 Å². The topological polar surface area (TPSA) is 35.5 Å². The molecule has 2 aromatic carbocycles. The second kappa shape index (κ2) is 5.93. The first-order chi connectivity index (χ1) is 10.8. The van der Waals surface area contributed by atoms with Crippen molar-refractivity contribution >= 4 is 5.97 Å². The van der Waals surface area contributed by atoms with Crippen molar-refractivity contribution in [1.29, 1.82) is 0 Å². The Morgan fingerprint density at radius 3 is 1.95 bits per heavy atom. The molecule has 0 aromatic heterocycles. The summed E-state index contributed by atoms with van der Waals surface area (Å²) in [5.41, 5.74) is 3.27. The molecule has 2 aromatic rings. The van der Waals surface area contributed by atoms with E-state index in [1.165, 1.54) is 0 Å². The zero-order chi connectivity index (χ0) is 15.6. The van der Waals surface area contributed by atoms with Crippen LogP contribution < -0.4 is 0 Å². The molecule has 22 heavy (non-hydrogen) atoms. The fraction of sp³-hybridized carbons (Fsp3) is 0.316. The van der Waals surface area contributed by atoms with Gasteiger partial charge in [0.1, 0.15) is 5.41 Å². The van der Waals surface area contributed by atoms with E-state index in [0.29, 0.717) is 19.8 Å². The lowest BCUT2D eigenvalue weighted by molar-refractivity contribution is -0.150. The Bertz CT molecular complexity index is 645. The van der Waals surface area contributed by atoms with Gasteiger partial charge in [-0.05, 0) is 36.1 Å². The Morgan fingerprint density at radius 2 is 1.45 bits per heavy atom. The zero-order valence-electron chi connectivity index (χ0n) is 13.0. The van der Waals surface area contributed by atoms with E-state index < -0.39 is 5.41 Å². The predicted molar refractivity (Wildman–Crippen MR) is 85.8 cm³/mol. The molecule has 0 spiro atoms. The average Bonchev–Trinajstić information content (AvgIpc) is 2.85. The van der Waals surface area contributed by atoms with Crippen LogP contribution in [0.25, 0.3) is 11.1 Å². The molecule has 3 rings (SSSR count). The summed E-state index contributed by atoms with van der Waals surface area (Å²) < 4.78 is 11.1. The molecule has 3 nitrogen and oxygen atoms in total. The Labute approximate surface area is 130 Å². The molecule has 114 valence electrons. The Morgan fingerprint density at radius 1 is 0.909 bits per heavy atom. The molecule has 0 radical (unpaired) electrons. The first kappa shape index (κ1) is 14.8. The maximum Gasteiger partial charge on any atom is 0.323 e. The van der Waals surface area contributed by atoms with E-state index in [-0.39, 0.29) is 5.97 Å². The second-order valence-corrected chi connectivity index (χ2v) is 5.35. The van der Waals surface area contributed by atoms with E-state index in [2.05, 4.69) is 12.1 Å². The number of rotatable bonds is 5. The van der Waals surface area contributed by atoms with E-state index in [1.54, 1.807) is 0 Å². The van der Waals surface area contributed by atoms with Crippen molar-refractivity contribution < 1.29 is 14.3 Å². The number of hydrogen-bond donors (Lipinski definition) is 0. The van der Waals surface area contributed by atoms with Gasteiger partial charge in [-0.25, -0.2) is 0 Å². The van der Waals surface area contributed by atoms with E-state index in [9.17, 15) is 4.79 Å². The summed E-state index contributed by atoms with van der Waals surface area (Å²) >= 11 is 0. The SMILES string of the molecule is CCOCC1(C(=O)OCC)c2ccccc2-c2ccccc21. The van der Waals surface area contributed by atoms with Gasteiger partial charge in [-0.3, -0.25) is 4.79 Å². The Kier molecular flexibility index (Phi) is 3.99. The van der Waals surface area contributed by atoms with Gasteiger partial charge in [0.25, 0.3) is 0 Å². The molecule has 1 aliphatic carbocycles. The van der Waals surface area contributed by atoms with Crippen LogP contribution in [0.5, 0.6) is 0 Å². The summed E-state index contributed by atoms with van der Waals surface area (Å²) in [5, 5.41) is 0. The van der Waals surface area contributed by atoms with Gasteiger partial charge >= 0.3 is 5.97 Å². The average molecular weight is 296 g/mol. The summed E-state index contributed by atoms with van der Waals surface area (Å²) in [5.74, 6) is -0.235. The van der Waals surface area contributed by atoms with Crippen LogP contribution in [0.2, 0.25) is 0 Å². The molecule has 0 aliphatic heterocycles. The summed E-state index contributed by atoms with van der Waals surface area (Å²) in [4.78, 5) is 12.9. The number of esters is 1. The Balaban J connectivity index is 2.25. The van der Waals surface area contributed by atoms with Crippen molar-refractivity contribution in [1.82, 2.24) is 0 Å². The van der Waals surface area contributed by atoms with Crippen molar-refractivity contribution in [2.45, 2.75) is 19.3 Å².